The van der Waals surface area contributed by atoms with Gasteiger partial charge in [-0.15, -0.1) is 0 Å². The van der Waals surface area contributed by atoms with E-state index in [1.807, 2.05) is 35.2 Å². The van der Waals surface area contributed by atoms with Gasteiger partial charge in [-0.1, -0.05) is 30.3 Å². The first-order valence-corrected chi connectivity index (χ1v) is 9.26. The molecule has 29 heavy (non-hydrogen) atoms. The molecule has 0 bridgehead atoms. The number of hydrogen-bond donors (Lipinski definition) is 1. The zero-order valence-electron chi connectivity index (χ0n) is 16.4. The lowest BCUT2D eigenvalue weighted by atomic mass is 10.0. The summed E-state index contributed by atoms with van der Waals surface area (Å²) in [4.78, 5) is 34.0. The van der Waals surface area contributed by atoms with Crippen LogP contribution in [0.25, 0.3) is 0 Å². The Bertz CT molecular complexity index is 833. The van der Waals surface area contributed by atoms with E-state index in [1.54, 1.807) is 13.2 Å². The van der Waals surface area contributed by atoms with Crippen molar-refractivity contribution in [2.75, 3.05) is 32.2 Å². The molecule has 9 nitrogen and oxygen atoms in total. The van der Waals surface area contributed by atoms with Gasteiger partial charge in [-0.2, -0.15) is 0 Å². The van der Waals surface area contributed by atoms with Crippen molar-refractivity contribution in [3.05, 3.63) is 54.0 Å². The van der Waals surface area contributed by atoms with Crippen LogP contribution in [0.2, 0.25) is 0 Å². The normalized spacial score (nSPS) is 18.8. The Labute approximate surface area is 169 Å². The number of alkyl carbamates (subject to hydrolysis) is 1. The molecule has 1 aromatic heterocycles. The highest BCUT2D eigenvalue weighted by atomic mass is 16.5. The third-order valence-corrected chi connectivity index (χ3v) is 4.75. The fourth-order valence-electron chi connectivity index (χ4n) is 3.18. The molecule has 1 saturated heterocycles. The number of amides is 1. The number of carbonyl (C=O) groups excluding carboxylic acids is 2. The summed E-state index contributed by atoms with van der Waals surface area (Å²) < 4.78 is 15.6. The molecule has 1 aliphatic heterocycles. The van der Waals surface area contributed by atoms with Crippen molar-refractivity contribution in [3.8, 4) is 0 Å². The molecule has 2 aromatic rings. The maximum Gasteiger partial charge on any atom is 0.407 e. The van der Waals surface area contributed by atoms with Gasteiger partial charge in [0.25, 0.3) is 0 Å². The SMILES string of the molecule is COC(=O)c1cc(N2CCC(NC(=O)OCc3ccccc3)C(OC)C2)ncn1. The predicted molar refractivity (Wildman–Crippen MR) is 105 cm³/mol. The standard InChI is InChI=1S/C20H24N4O5/c1-27-17-11-24(18-10-16(19(25)28-2)21-13-22-18)9-8-15(17)23-20(26)29-12-14-6-4-3-5-7-14/h3-7,10,13,15,17H,8-9,11-12H2,1-2H3,(H,23,26). The van der Waals surface area contributed by atoms with Crippen molar-refractivity contribution in [1.82, 2.24) is 15.3 Å². The largest absolute Gasteiger partial charge is 0.464 e. The second kappa shape index (κ2) is 9.83. The first-order chi connectivity index (χ1) is 14.1. The summed E-state index contributed by atoms with van der Waals surface area (Å²) in [5.74, 6) is 0.0854. The number of methoxy groups -OCH3 is 2. The molecule has 0 radical (unpaired) electrons. The molecule has 1 amide bonds. The lowest BCUT2D eigenvalue weighted by molar-refractivity contribution is 0.0543. The number of aromatic nitrogens is 2. The molecular weight excluding hydrogens is 376 g/mol. The van der Waals surface area contributed by atoms with Crippen molar-refractivity contribution in [2.24, 2.45) is 0 Å². The van der Waals surface area contributed by atoms with Crippen LogP contribution in [-0.4, -0.2) is 61.5 Å². The third-order valence-electron chi connectivity index (χ3n) is 4.75. The number of hydrogen-bond acceptors (Lipinski definition) is 8. The van der Waals surface area contributed by atoms with E-state index in [2.05, 4.69) is 15.3 Å². The van der Waals surface area contributed by atoms with E-state index < -0.39 is 12.1 Å². The summed E-state index contributed by atoms with van der Waals surface area (Å²) in [6.45, 7) is 1.33. The van der Waals surface area contributed by atoms with Crippen molar-refractivity contribution >= 4 is 17.9 Å². The van der Waals surface area contributed by atoms with Crippen LogP contribution in [0.3, 0.4) is 0 Å². The van der Waals surface area contributed by atoms with Gasteiger partial charge in [-0.25, -0.2) is 19.6 Å². The fourth-order valence-corrected chi connectivity index (χ4v) is 3.18. The highest BCUT2D eigenvalue weighted by Gasteiger charge is 2.31. The molecule has 1 fully saturated rings. The Balaban J connectivity index is 1.56. The second-order valence-corrected chi connectivity index (χ2v) is 6.57. The highest BCUT2D eigenvalue weighted by Crippen LogP contribution is 2.20. The molecule has 3 rings (SSSR count). The summed E-state index contributed by atoms with van der Waals surface area (Å²) >= 11 is 0. The zero-order chi connectivity index (χ0) is 20.6. The molecule has 154 valence electrons. The average molecular weight is 400 g/mol. The number of esters is 1. The Morgan fingerprint density at radius 3 is 2.72 bits per heavy atom. The van der Waals surface area contributed by atoms with E-state index in [0.717, 1.165) is 5.56 Å². The number of piperidine rings is 1. The summed E-state index contributed by atoms with van der Waals surface area (Å²) in [5, 5.41) is 2.88. The minimum atomic E-state index is -0.519. The molecular formula is C20H24N4O5. The van der Waals surface area contributed by atoms with E-state index in [0.29, 0.717) is 25.3 Å². The molecule has 0 aliphatic carbocycles. The lowest BCUT2D eigenvalue weighted by Crippen LogP contribution is -2.55. The van der Waals surface area contributed by atoms with Crippen LogP contribution in [0.15, 0.2) is 42.7 Å². The Morgan fingerprint density at radius 2 is 2.00 bits per heavy atom. The number of rotatable bonds is 6. The maximum atomic E-state index is 12.2. The van der Waals surface area contributed by atoms with E-state index >= 15 is 0 Å². The number of nitrogens with zero attached hydrogens (tertiary/aromatic N) is 3. The number of ether oxygens (including phenoxy) is 3. The smallest absolute Gasteiger partial charge is 0.407 e. The van der Waals surface area contributed by atoms with Crippen LogP contribution >= 0.6 is 0 Å². The number of anilines is 1. The van der Waals surface area contributed by atoms with Crippen LogP contribution in [0.1, 0.15) is 22.5 Å². The van der Waals surface area contributed by atoms with Gasteiger partial charge in [0.2, 0.25) is 0 Å². The van der Waals surface area contributed by atoms with E-state index in [4.69, 9.17) is 14.2 Å². The van der Waals surface area contributed by atoms with Crippen molar-refractivity contribution in [2.45, 2.75) is 25.2 Å². The molecule has 1 aromatic carbocycles. The Hall–Kier alpha value is -3.20. The zero-order valence-corrected chi connectivity index (χ0v) is 16.4. The monoisotopic (exact) mass is 400 g/mol. The van der Waals surface area contributed by atoms with Crippen LogP contribution in [0, 0.1) is 0 Å². The van der Waals surface area contributed by atoms with Crippen LogP contribution in [0.4, 0.5) is 10.6 Å². The average Bonchev–Trinajstić information content (AvgIpc) is 2.78. The first kappa shape index (κ1) is 20.5. The van der Waals surface area contributed by atoms with Gasteiger partial charge in [0.1, 0.15) is 18.8 Å². The van der Waals surface area contributed by atoms with E-state index in [1.165, 1.54) is 13.4 Å². The number of nitrogens with one attached hydrogen (secondary N) is 1. The molecule has 0 saturated carbocycles. The molecule has 0 spiro atoms. The van der Waals surface area contributed by atoms with Gasteiger partial charge in [0, 0.05) is 26.3 Å². The lowest BCUT2D eigenvalue weighted by Gasteiger charge is -2.38. The minimum absolute atomic E-state index is 0.191. The molecule has 2 unspecified atom stereocenters. The Morgan fingerprint density at radius 1 is 1.21 bits per heavy atom. The second-order valence-electron chi connectivity index (χ2n) is 6.57. The van der Waals surface area contributed by atoms with Gasteiger partial charge < -0.3 is 24.4 Å². The summed E-state index contributed by atoms with van der Waals surface area (Å²) in [6, 6.07) is 10.9. The van der Waals surface area contributed by atoms with E-state index in [9.17, 15) is 9.59 Å². The molecule has 2 heterocycles. The van der Waals surface area contributed by atoms with Crippen LogP contribution in [0.5, 0.6) is 0 Å². The van der Waals surface area contributed by atoms with Gasteiger partial charge in [0.15, 0.2) is 5.69 Å². The van der Waals surface area contributed by atoms with Crippen molar-refractivity contribution in [3.63, 3.8) is 0 Å². The molecule has 2 atom stereocenters. The molecule has 1 N–H and O–H groups in total. The van der Waals surface area contributed by atoms with Gasteiger partial charge in [0.05, 0.1) is 19.3 Å². The topological polar surface area (TPSA) is 103 Å². The third kappa shape index (κ3) is 5.41. The number of benzene rings is 1. The predicted octanol–water partition coefficient (Wildman–Crippen LogP) is 1.78. The van der Waals surface area contributed by atoms with Crippen molar-refractivity contribution in [1.29, 1.82) is 0 Å². The Kier molecular flexibility index (Phi) is 6.96. The first-order valence-electron chi connectivity index (χ1n) is 9.26. The van der Waals surface area contributed by atoms with Gasteiger partial charge >= 0.3 is 12.1 Å². The number of carbonyl (C=O) groups is 2. The quantitative estimate of drug-likeness (QED) is 0.732. The maximum absolute atomic E-state index is 12.2. The van der Waals surface area contributed by atoms with Crippen molar-refractivity contribution < 1.29 is 23.8 Å². The van der Waals surface area contributed by atoms with Crippen LogP contribution < -0.4 is 10.2 Å². The van der Waals surface area contributed by atoms with Gasteiger partial charge in [-0.3, -0.25) is 0 Å². The summed E-state index contributed by atoms with van der Waals surface area (Å²) in [5.41, 5.74) is 1.11. The fraction of sp³-hybridized carbons (Fsp3) is 0.400. The van der Waals surface area contributed by atoms with Gasteiger partial charge in [-0.05, 0) is 12.0 Å². The molecule has 9 heteroatoms. The summed E-state index contributed by atoms with van der Waals surface area (Å²) in [6.07, 6.45) is 1.22. The highest BCUT2D eigenvalue weighted by molar-refractivity contribution is 5.87. The summed E-state index contributed by atoms with van der Waals surface area (Å²) in [7, 11) is 2.90. The molecule has 1 aliphatic rings. The van der Waals surface area contributed by atoms with E-state index in [-0.39, 0.29) is 24.4 Å². The minimum Gasteiger partial charge on any atom is -0.464 e. The van der Waals surface area contributed by atoms with Crippen LogP contribution in [-0.2, 0) is 20.8 Å².